The van der Waals surface area contributed by atoms with Gasteiger partial charge < -0.3 is 16.0 Å². The van der Waals surface area contributed by atoms with E-state index >= 15 is 0 Å². The maximum Gasteiger partial charge on any atom is 0.315 e. The Kier molecular flexibility index (Phi) is 4.92. The Morgan fingerprint density at radius 2 is 1.95 bits per heavy atom. The maximum atomic E-state index is 12.9. The number of amides is 3. The molecule has 0 atom stereocenters. The first-order chi connectivity index (χ1) is 9.63. The smallest absolute Gasteiger partial charge is 0.315 e. The van der Waals surface area contributed by atoms with Gasteiger partial charge in [0.2, 0.25) is 5.91 Å². The van der Waals surface area contributed by atoms with Crippen LogP contribution < -0.4 is 16.0 Å². The average molecular weight is 279 g/mol. The third-order valence-corrected chi connectivity index (χ3v) is 2.90. The van der Waals surface area contributed by atoms with Crippen LogP contribution in [0, 0.1) is 5.82 Å². The van der Waals surface area contributed by atoms with E-state index in [1.54, 1.807) is 12.1 Å². The Morgan fingerprint density at radius 3 is 2.65 bits per heavy atom. The third kappa shape index (κ3) is 5.26. The van der Waals surface area contributed by atoms with Gasteiger partial charge in [-0.05, 0) is 30.5 Å². The van der Waals surface area contributed by atoms with Crippen LogP contribution in [0.5, 0.6) is 0 Å². The summed E-state index contributed by atoms with van der Waals surface area (Å²) in [5.41, 5.74) is 0.627. The lowest BCUT2D eigenvalue weighted by Crippen LogP contribution is -2.41. The van der Waals surface area contributed by atoms with Gasteiger partial charge in [0.05, 0.1) is 6.42 Å². The first-order valence-corrected chi connectivity index (χ1v) is 6.69. The van der Waals surface area contributed by atoms with Crippen LogP contribution in [0.15, 0.2) is 24.3 Å². The molecule has 0 radical (unpaired) electrons. The fourth-order valence-corrected chi connectivity index (χ4v) is 1.74. The number of carbonyl (C=O) groups excluding carboxylic acids is 2. The van der Waals surface area contributed by atoms with E-state index < -0.39 is 0 Å². The van der Waals surface area contributed by atoms with Crippen molar-refractivity contribution in [1.29, 1.82) is 0 Å². The van der Waals surface area contributed by atoms with Crippen molar-refractivity contribution in [2.45, 2.75) is 25.3 Å². The first-order valence-electron chi connectivity index (χ1n) is 6.69. The molecule has 108 valence electrons. The molecule has 0 heterocycles. The zero-order chi connectivity index (χ0) is 14.4. The summed E-state index contributed by atoms with van der Waals surface area (Å²) in [4.78, 5) is 22.9. The molecule has 0 bridgehead atoms. The topological polar surface area (TPSA) is 70.2 Å². The van der Waals surface area contributed by atoms with E-state index in [-0.39, 0.29) is 24.2 Å². The van der Waals surface area contributed by atoms with Crippen molar-refractivity contribution < 1.29 is 14.0 Å². The summed E-state index contributed by atoms with van der Waals surface area (Å²) >= 11 is 0. The van der Waals surface area contributed by atoms with E-state index in [1.807, 2.05) is 0 Å². The predicted molar refractivity (Wildman–Crippen MR) is 72.7 cm³/mol. The molecule has 1 aliphatic rings. The van der Waals surface area contributed by atoms with E-state index in [0.29, 0.717) is 24.7 Å². The molecular formula is C14H18FN3O2. The highest BCUT2D eigenvalue weighted by Gasteiger charge is 2.22. The van der Waals surface area contributed by atoms with E-state index in [1.165, 1.54) is 12.1 Å². The van der Waals surface area contributed by atoms with Gasteiger partial charge in [0.1, 0.15) is 5.82 Å². The molecule has 20 heavy (non-hydrogen) atoms. The molecule has 1 fully saturated rings. The second-order valence-electron chi connectivity index (χ2n) is 4.83. The highest BCUT2D eigenvalue weighted by Crippen LogP contribution is 2.18. The van der Waals surface area contributed by atoms with Crippen LogP contribution in [0.3, 0.4) is 0 Å². The molecule has 0 spiro atoms. The zero-order valence-corrected chi connectivity index (χ0v) is 11.1. The second kappa shape index (κ2) is 6.88. The molecule has 3 amide bonds. The van der Waals surface area contributed by atoms with Gasteiger partial charge in [-0.2, -0.15) is 0 Å². The quantitative estimate of drug-likeness (QED) is 0.678. The molecule has 6 heteroatoms. The number of hydrogen-bond donors (Lipinski definition) is 3. The minimum absolute atomic E-state index is 0.131. The molecule has 3 N–H and O–H groups in total. The van der Waals surface area contributed by atoms with E-state index in [0.717, 1.165) is 12.8 Å². The lowest BCUT2D eigenvalue weighted by atomic mass is 10.1. The van der Waals surface area contributed by atoms with Gasteiger partial charge in [0, 0.05) is 19.1 Å². The van der Waals surface area contributed by atoms with Crippen molar-refractivity contribution in [1.82, 2.24) is 16.0 Å². The minimum Gasteiger partial charge on any atom is -0.354 e. The van der Waals surface area contributed by atoms with Crippen molar-refractivity contribution in [3.63, 3.8) is 0 Å². The number of hydrogen-bond acceptors (Lipinski definition) is 2. The van der Waals surface area contributed by atoms with Crippen LogP contribution in [0.4, 0.5) is 9.18 Å². The fraction of sp³-hybridized carbons (Fsp3) is 0.429. The largest absolute Gasteiger partial charge is 0.354 e. The fourth-order valence-electron chi connectivity index (χ4n) is 1.74. The highest BCUT2D eigenvalue weighted by atomic mass is 19.1. The number of carbonyl (C=O) groups is 2. The Morgan fingerprint density at radius 1 is 1.20 bits per heavy atom. The van der Waals surface area contributed by atoms with E-state index in [9.17, 15) is 14.0 Å². The van der Waals surface area contributed by atoms with Gasteiger partial charge in [-0.1, -0.05) is 12.1 Å². The molecule has 0 aromatic heterocycles. The third-order valence-electron chi connectivity index (χ3n) is 2.90. The van der Waals surface area contributed by atoms with Gasteiger partial charge in [-0.3, -0.25) is 4.79 Å². The minimum atomic E-state index is -0.353. The summed E-state index contributed by atoms with van der Waals surface area (Å²) in [6.07, 6.45) is 2.21. The average Bonchev–Trinajstić information content (AvgIpc) is 3.18. The van der Waals surface area contributed by atoms with Gasteiger partial charge in [-0.15, -0.1) is 0 Å². The molecule has 2 rings (SSSR count). The second-order valence-corrected chi connectivity index (χ2v) is 4.83. The Balaban J connectivity index is 1.58. The maximum absolute atomic E-state index is 12.9. The van der Waals surface area contributed by atoms with Crippen LogP contribution >= 0.6 is 0 Å². The number of nitrogens with one attached hydrogen (secondary N) is 3. The summed E-state index contributed by atoms with van der Waals surface area (Å²) in [6, 6.07) is 6.06. The van der Waals surface area contributed by atoms with Crippen LogP contribution in [-0.2, 0) is 11.2 Å². The Bertz CT molecular complexity index is 489. The number of halogens is 1. The molecule has 1 aromatic rings. The lowest BCUT2D eigenvalue weighted by Gasteiger charge is -2.08. The molecule has 0 aliphatic heterocycles. The summed E-state index contributed by atoms with van der Waals surface area (Å²) in [5.74, 6) is -0.547. The van der Waals surface area contributed by atoms with Gasteiger partial charge in [0.15, 0.2) is 0 Å². The molecule has 0 saturated heterocycles. The van der Waals surface area contributed by atoms with Crippen LogP contribution in [0.2, 0.25) is 0 Å². The molecule has 5 nitrogen and oxygen atoms in total. The van der Waals surface area contributed by atoms with E-state index in [4.69, 9.17) is 0 Å². The lowest BCUT2D eigenvalue weighted by molar-refractivity contribution is -0.120. The van der Waals surface area contributed by atoms with Crippen molar-refractivity contribution in [2.75, 3.05) is 13.1 Å². The van der Waals surface area contributed by atoms with Crippen LogP contribution in [-0.4, -0.2) is 31.1 Å². The molecule has 1 aromatic carbocycles. The predicted octanol–water partition coefficient (Wildman–Crippen LogP) is 0.946. The normalized spacial score (nSPS) is 13.7. The SMILES string of the molecule is O=C(Cc1cccc(F)c1)NCCNC(=O)NC1CC1. The zero-order valence-electron chi connectivity index (χ0n) is 11.1. The van der Waals surface area contributed by atoms with E-state index in [2.05, 4.69) is 16.0 Å². The van der Waals surface area contributed by atoms with Crippen LogP contribution in [0.25, 0.3) is 0 Å². The van der Waals surface area contributed by atoms with Gasteiger partial charge in [0.25, 0.3) is 0 Å². The standard InChI is InChI=1S/C14H18FN3O2/c15-11-3-1-2-10(8-11)9-13(19)16-6-7-17-14(20)18-12-4-5-12/h1-3,8,12H,4-7,9H2,(H,16,19)(H2,17,18,20). The number of benzene rings is 1. The summed E-state index contributed by atoms with van der Waals surface area (Å²) < 4.78 is 12.9. The monoisotopic (exact) mass is 279 g/mol. The molecule has 0 unspecified atom stereocenters. The Hall–Kier alpha value is -2.11. The highest BCUT2D eigenvalue weighted by molar-refractivity contribution is 5.78. The van der Waals surface area contributed by atoms with Crippen LogP contribution in [0.1, 0.15) is 18.4 Å². The number of rotatable bonds is 6. The van der Waals surface area contributed by atoms with Crippen molar-refractivity contribution in [2.24, 2.45) is 0 Å². The van der Waals surface area contributed by atoms with Crippen molar-refractivity contribution in [3.8, 4) is 0 Å². The van der Waals surface area contributed by atoms with Gasteiger partial charge >= 0.3 is 6.03 Å². The Labute approximate surface area is 116 Å². The number of urea groups is 1. The first kappa shape index (κ1) is 14.3. The van der Waals surface area contributed by atoms with Crippen molar-refractivity contribution in [3.05, 3.63) is 35.6 Å². The summed E-state index contributed by atoms with van der Waals surface area (Å²) in [7, 11) is 0. The van der Waals surface area contributed by atoms with Crippen molar-refractivity contribution >= 4 is 11.9 Å². The summed E-state index contributed by atoms with van der Waals surface area (Å²) in [5, 5.41) is 8.11. The molecular weight excluding hydrogens is 261 g/mol. The van der Waals surface area contributed by atoms with Gasteiger partial charge in [-0.25, -0.2) is 9.18 Å². The molecule has 1 aliphatic carbocycles. The summed E-state index contributed by atoms with van der Waals surface area (Å²) in [6.45, 7) is 0.722. The molecule has 1 saturated carbocycles.